The number of fused-ring (bicyclic) bond motifs is 1. The second kappa shape index (κ2) is 13.0. The fraction of sp³-hybridized carbons (Fsp3) is 0.343. The maximum Gasteiger partial charge on any atom is 0.334 e. The lowest BCUT2D eigenvalue weighted by Crippen LogP contribution is -2.36. The van der Waals surface area contributed by atoms with Crippen LogP contribution < -0.4 is 15.5 Å². The van der Waals surface area contributed by atoms with Crippen LogP contribution in [0.1, 0.15) is 94.1 Å². The number of urea groups is 1. The minimum atomic E-state index is -1.71. The first-order valence-corrected chi connectivity index (χ1v) is 15.2. The average molecular weight is 612 g/mol. The Morgan fingerprint density at radius 1 is 0.889 bits per heavy atom. The molecule has 4 N–H and O–H groups in total. The zero-order valence-electron chi connectivity index (χ0n) is 25.3. The van der Waals surface area contributed by atoms with Crippen LogP contribution in [0.2, 0.25) is 0 Å². The molecule has 234 valence electrons. The molecule has 0 heterocycles. The Kier molecular flexibility index (Phi) is 9.15. The lowest BCUT2D eigenvalue weighted by Gasteiger charge is -2.26. The van der Waals surface area contributed by atoms with Crippen molar-refractivity contribution < 1.29 is 34.2 Å². The molecular weight excluding hydrogens is 574 g/mol. The zero-order chi connectivity index (χ0) is 32.3. The largest absolute Gasteiger partial charge is 0.479 e. The number of benzene rings is 3. The number of carboxylic acid groups (broad SMARTS) is 1. The standard InChI is InChI=1S/C35H37N3O7/c1-35(2)30(40)27-17-14-25(18-28(27)31(35)41)37-34(45)38(26-15-12-23(13-16-26)22-6-4-3-5-7-22)20-21-8-10-24(11-9-21)32(42)36-19-29(39)33(43)44/h8-18,22,29,39H,3-7,19-20H2,1-2H3,(H,36,42)(H,37,45)(H,43,44)/t29-/m1/s1. The molecule has 3 amide bonds. The summed E-state index contributed by atoms with van der Waals surface area (Å²) in [4.78, 5) is 64.2. The van der Waals surface area contributed by atoms with Crippen molar-refractivity contribution in [1.29, 1.82) is 0 Å². The van der Waals surface area contributed by atoms with Gasteiger partial charge in [-0.1, -0.05) is 43.5 Å². The molecule has 0 spiro atoms. The number of hydrogen-bond donors (Lipinski definition) is 4. The van der Waals surface area contributed by atoms with Gasteiger partial charge in [-0.15, -0.1) is 0 Å². The number of amides is 3. The summed E-state index contributed by atoms with van der Waals surface area (Å²) in [6, 6.07) is 18.8. The third kappa shape index (κ3) is 6.81. The molecule has 5 rings (SSSR count). The van der Waals surface area contributed by atoms with Gasteiger partial charge in [-0.05, 0) is 86.2 Å². The highest BCUT2D eigenvalue weighted by atomic mass is 16.4. The number of aliphatic carboxylic acids is 1. The number of carbonyl (C=O) groups excluding carboxylic acids is 4. The number of nitrogens with one attached hydrogen (secondary N) is 2. The van der Waals surface area contributed by atoms with Gasteiger partial charge in [0.2, 0.25) is 0 Å². The van der Waals surface area contributed by atoms with Crippen molar-refractivity contribution >= 4 is 40.8 Å². The van der Waals surface area contributed by atoms with E-state index in [0.717, 1.165) is 18.4 Å². The van der Waals surface area contributed by atoms with Crippen LogP contribution >= 0.6 is 0 Å². The summed E-state index contributed by atoms with van der Waals surface area (Å²) in [5, 5.41) is 23.5. The number of nitrogens with zero attached hydrogens (tertiary/aromatic N) is 1. The van der Waals surface area contributed by atoms with Crippen molar-refractivity contribution in [2.45, 2.75) is 64.5 Å². The van der Waals surface area contributed by atoms with Crippen molar-refractivity contribution in [2.75, 3.05) is 16.8 Å². The van der Waals surface area contributed by atoms with E-state index >= 15 is 0 Å². The van der Waals surface area contributed by atoms with Gasteiger partial charge in [0.05, 0.1) is 18.5 Å². The van der Waals surface area contributed by atoms with E-state index in [0.29, 0.717) is 22.9 Å². The Labute approximate surface area is 261 Å². The maximum absolute atomic E-state index is 13.8. The molecule has 0 unspecified atom stereocenters. The van der Waals surface area contributed by atoms with E-state index in [1.807, 2.05) is 12.1 Å². The minimum Gasteiger partial charge on any atom is -0.479 e. The second-order valence-electron chi connectivity index (χ2n) is 12.2. The first-order chi connectivity index (χ1) is 21.5. The normalized spacial score (nSPS) is 16.5. The molecule has 0 bridgehead atoms. The molecule has 10 nitrogen and oxygen atoms in total. The molecule has 0 radical (unpaired) electrons. The van der Waals surface area contributed by atoms with E-state index < -0.39 is 36.0 Å². The van der Waals surface area contributed by atoms with Crippen LogP contribution in [-0.2, 0) is 11.3 Å². The first-order valence-electron chi connectivity index (χ1n) is 15.2. The topological polar surface area (TPSA) is 153 Å². The zero-order valence-corrected chi connectivity index (χ0v) is 25.3. The smallest absolute Gasteiger partial charge is 0.334 e. The highest BCUT2D eigenvalue weighted by Crippen LogP contribution is 2.37. The summed E-state index contributed by atoms with van der Waals surface area (Å²) in [6.45, 7) is 2.93. The third-order valence-corrected chi connectivity index (χ3v) is 8.72. The molecule has 2 aliphatic carbocycles. The highest BCUT2D eigenvalue weighted by Gasteiger charge is 2.45. The van der Waals surface area contributed by atoms with Gasteiger partial charge < -0.3 is 20.8 Å². The van der Waals surface area contributed by atoms with Crippen LogP contribution in [0.4, 0.5) is 16.2 Å². The Morgan fingerprint density at radius 2 is 1.53 bits per heavy atom. The lowest BCUT2D eigenvalue weighted by molar-refractivity contribution is -0.146. The predicted octanol–water partition coefficient (Wildman–Crippen LogP) is 5.55. The Hall–Kier alpha value is -4.83. The van der Waals surface area contributed by atoms with Crippen molar-refractivity contribution in [3.05, 3.63) is 94.5 Å². The molecule has 0 saturated heterocycles. The van der Waals surface area contributed by atoms with Gasteiger partial charge in [-0.25, -0.2) is 9.59 Å². The molecule has 1 saturated carbocycles. The van der Waals surface area contributed by atoms with E-state index in [1.54, 1.807) is 61.2 Å². The van der Waals surface area contributed by atoms with Crippen LogP contribution in [0.3, 0.4) is 0 Å². The van der Waals surface area contributed by atoms with E-state index in [-0.39, 0.29) is 29.2 Å². The maximum atomic E-state index is 13.8. The molecular formula is C35H37N3O7. The molecule has 1 atom stereocenters. The van der Waals surface area contributed by atoms with Crippen molar-refractivity contribution in [3.8, 4) is 0 Å². The quantitative estimate of drug-likeness (QED) is 0.231. The molecule has 45 heavy (non-hydrogen) atoms. The van der Waals surface area contributed by atoms with E-state index in [2.05, 4.69) is 22.8 Å². The van der Waals surface area contributed by atoms with Crippen LogP contribution in [0.15, 0.2) is 66.7 Å². The first kappa shape index (κ1) is 31.6. The van der Waals surface area contributed by atoms with Gasteiger partial charge in [0, 0.05) is 28.1 Å². The van der Waals surface area contributed by atoms with E-state index in [9.17, 15) is 29.1 Å². The van der Waals surface area contributed by atoms with Crippen molar-refractivity contribution in [3.63, 3.8) is 0 Å². The number of anilines is 2. The number of carboxylic acids is 1. The van der Waals surface area contributed by atoms with Crippen LogP contribution in [0, 0.1) is 5.41 Å². The van der Waals surface area contributed by atoms with E-state index in [4.69, 9.17) is 5.11 Å². The number of Topliss-reactive ketones (excluding diaryl/α,β-unsaturated/α-hetero) is 2. The summed E-state index contributed by atoms with van der Waals surface area (Å²) in [7, 11) is 0. The Bertz CT molecular complexity index is 1620. The van der Waals surface area contributed by atoms with Crippen LogP contribution in [-0.4, -0.2) is 52.3 Å². The van der Waals surface area contributed by atoms with E-state index in [1.165, 1.54) is 24.8 Å². The minimum absolute atomic E-state index is 0.156. The van der Waals surface area contributed by atoms with Gasteiger partial charge in [0.15, 0.2) is 17.7 Å². The molecule has 0 aromatic heterocycles. The SMILES string of the molecule is CC1(C)C(=O)c2ccc(NC(=O)N(Cc3ccc(C(=O)NC[C@@H](O)C(=O)O)cc3)c3ccc(C4CCCCC4)cc3)cc2C1=O. The predicted molar refractivity (Wildman–Crippen MR) is 169 cm³/mol. The number of hydrogen-bond acceptors (Lipinski definition) is 6. The monoisotopic (exact) mass is 611 g/mol. The average Bonchev–Trinajstić information content (AvgIpc) is 3.22. The lowest BCUT2D eigenvalue weighted by atomic mass is 9.84. The molecule has 3 aromatic carbocycles. The second-order valence-corrected chi connectivity index (χ2v) is 12.2. The Balaban J connectivity index is 1.36. The third-order valence-electron chi connectivity index (χ3n) is 8.72. The summed E-state index contributed by atoms with van der Waals surface area (Å²) >= 11 is 0. The van der Waals surface area contributed by atoms with Gasteiger partial charge in [-0.3, -0.25) is 19.3 Å². The summed E-state index contributed by atoms with van der Waals surface area (Å²) < 4.78 is 0. The fourth-order valence-corrected chi connectivity index (χ4v) is 5.94. The van der Waals surface area contributed by atoms with Crippen LogP contribution in [0.5, 0.6) is 0 Å². The molecule has 10 heteroatoms. The summed E-state index contributed by atoms with van der Waals surface area (Å²) in [6.07, 6.45) is 4.26. The highest BCUT2D eigenvalue weighted by molar-refractivity contribution is 6.29. The molecule has 3 aromatic rings. The van der Waals surface area contributed by atoms with Gasteiger partial charge in [0.1, 0.15) is 0 Å². The van der Waals surface area contributed by atoms with Crippen molar-refractivity contribution in [1.82, 2.24) is 5.32 Å². The summed E-state index contributed by atoms with van der Waals surface area (Å²) in [5.74, 6) is -1.99. The number of aliphatic hydroxyl groups is 1. The van der Waals surface area contributed by atoms with Gasteiger partial charge in [0.25, 0.3) is 5.91 Å². The van der Waals surface area contributed by atoms with Gasteiger partial charge >= 0.3 is 12.0 Å². The number of rotatable bonds is 9. The van der Waals surface area contributed by atoms with Gasteiger partial charge in [-0.2, -0.15) is 0 Å². The fourth-order valence-electron chi connectivity index (χ4n) is 5.94. The molecule has 1 fully saturated rings. The molecule has 2 aliphatic rings. The Morgan fingerprint density at radius 3 is 2.18 bits per heavy atom. The van der Waals surface area contributed by atoms with Crippen molar-refractivity contribution in [2.24, 2.45) is 5.41 Å². The van der Waals surface area contributed by atoms with Crippen LogP contribution in [0.25, 0.3) is 0 Å². The number of carbonyl (C=O) groups is 5. The number of ketones is 2. The molecule has 0 aliphatic heterocycles. The number of aliphatic hydroxyl groups excluding tert-OH is 1. The summed E-state index contributed by atoms with van der Waals surface area (Å²) in [5.41, 5.74) is 2.77.